The maximum Gasteiger partial charge on any atom is 0.0509 e. The van der Waals surface area contributed by atoms with Crippen LogP contribution in [0.2, 0.25) is 0 Å². The van der Waals surface area contributed by atoms with Gasteiger partial charge in [0.1, 0.15) is 0 Å². The molecule has 0 bridgehead atoms. The molecule has 0 aromatic rings. The summed E-state index contributed by atoms with van der Waals surface area (Å²) in [7, 11) is -0.711. The molecule has 1 N–H and O–H groups in total. The van der Waals surface area contributed by atoms with Gasteiger partial charge in [0.2, 0.25) is 0 Å². The smallest absolute Gasteiger partial charge is 0.0509 e. The minimum Gasteiger partial charge on any atom is -0.313 e. The lowest BCUT2D eigenvalue weighted by Gasteiger charge is -2.32. The number of nitrogens with one attached hydrogen (secondary N) is 1. The fraction of sp³-hybridized carbons (Fsp3) is 1.00. The van der Waals surface area contributed by atoms with E-state index in [0.717, 1.165) is 13.0 Å². The first-order valence-corrected chi connectivity index (χ1v) is 8.21. The Labute approximate surface area is 109 Å². The standard InChI is InChI=1S/C14H29NOS/c1-7-15-13-12(8-9-14(13,5)6)17(16)11(4)10(2)3/h10-13,15H,7-9H2,1-6H3. The number of hydrogen-bond donors (Lipinski definition) is 1. The van der Waals surface area contributed by atoms with Gasteiger partial charge >= 0.3 is 0 Å². The van der Waals surface area contributed by atoms with E-state index < -0.39 is 10.8 Å². The highest BCUT2D eigenvalue weighted by Crippen LogP contribution is 2.40. The average Bonchev–Trinajstić information content (AvgIpc) is 2.53. The fourth-order valence-corrected chi connectivity index (χ4v) is 4.93. The van der Waals surface area contributed by atoms with Gasteiger partial charge in [-0.3, -0.25) is 4.21 Å². The van der Waals surface area contributed by atoms with Crippen molar-refractivity contribution in [2.45, 2.75) is 70.9 Å². The third-order valence-electron chi connectivity index (χ3n) is 4.31. The molecule has 17 heavy (non-hydrogen) atoms. The normalized spacial score (nSPS) is 31.7. The highest BCUT2D eigenvalue weighted by Gasteiger charge is 2.45. The molecule has 1 rings (SSSR count). The first kappa shape index (κ1) is 15.2. The summed E-state index contributed by atoms with van der Waals surface area (Å²) in [6, 6.07) is 0.412. The first-order valence-electron chi connectivity index (χ1n) is 6.94. The second-order valence-electron chi connectivity index (χ2n) is 6.38. The zero-order valence-corrected chi connectivity index (χ0v) is 13.1. The molecule has 0 radical (unpaired) electrons. The number of rotatable bonds is 5. The van der Waals surface area contributed by atoms with Crippen molar-refractivity contribution in [2.75, 3.05) is 6.54 Å². The van der Waals surface area contributed by atoms with Crippen LogP contribution in [-0.2, 0) is 10.8 Å². The molecule has 0 heterocycles. The van der Waals surface area contributed by atoms with Gasteiger partial charge in [-0.2, -0.15) is 0 Å². The minimum atomic E-state index is -0.711. The van der Waals surface area contributed by atoms with Crippen LogP contribution >= 0.6 is 0 Å². The zero-order valence-electron chi connectivity index (χ0n) is 12.2. The highest BCUT2D eigenvalue weighted by molar-refractivity contribution is 7.86. The van der Waals surface area contributed by atoms with Crippen LogP contribution in [0.25, 0.3) is 0 Å². The molecule has 3 heteroatoms. The molecule has 4 atom stereocenters. The van der Waals surface area contributed by atoms with E-state index in [1.165, 1.54) is 6.42 Å². The molecule has 1 fully saturated rings. The summed E-state index contributed by atoms with van der Waals surface area (Å²) in [6.45, 7) is 14.2. The summed E-state index contributed by atoms with van der Waals surface area (Å²) < 4.78 is 12.6. The molecular weight excluding hydrogens is 230 g/mol. The second kappa shape index (κ2) is 5.83. The van der Waals surface area contributed by atoms with Crippen LogP contribution in [-0.4, -0.2) is 27.3 Å². The van der Waals surface area contributed by atoms with E-state index in [9.17, 15) is 4.21 Å². The first-order chi connectivity index (χ1) is 7.81. The van der Waals surface area contributed by atoms with Crippen molar-refractivity contribution in [2.24, 2.45) is 11.3 Å². The van der Waals surface area contributed by atoms with E-state index in [4.69, 9.17) is 0 Å². The van der Waals surface area contributed by atoms with Crippen molar-refractivity contribution in [3.8, 4) is 0 Å². The largest absolute Gasteiger partial charge is 0.313 e. The van der Waals surface area contributed by atoms with Crippen LogP contribution < -0.4 is 5.32 Å². The van der Waals surface area contributed by atoms with Crippen LogP contribution in [0.15, 0.2) is 0 Å². The van der Waals surface area contributed by atoms with Gasteiger partial charge < -0.3 is 5.32 Å². The monoisotopic (exact) mass is 259 g/mol. The van der Waals surface area contributed by atoms with Crippen LogP contribution in [0.1, 0.15) is 54.4 Å². The Balaban J connectivity index is 2.80. The maximum absolute atomic E-state index is 12.6. The van der Waals surface area contributed by atoms with E-state index in [1.807, 2.05) is 0 Å². The molecule has 0 saturated heterocycles. The second-order valence-corrected chi connectivity index (χ2v) is 8.38. The lowest BCUT2D eigenvalue weighted by Crippen LogP contribution is -2.47. The molecule has 1 saturated carbocycles. The van der Waals surface area contributed by atoms with E-state index in [2.05, 4.69) is 46.9 Å². The molecule has 0 aromatic carbocycles. The Bertz CT molecular complexity index is 275. The summed E-state index contributed by atoms with van der Waals surface area (Å²) in [6.07, 6.45) is 2.29. The molecule has 2 nitrogen and oxygen atoms in total. The van der Waals surface area contributed by atoms with Crippen molar-refractivity contribution < 1.29 is 4.21 Å². The quantitative estimate of drug-likeness (QED) is 0.822. The van der Waals surface area contributed by atoms with E-state index in [0.29, 0.717) is 22.5 Å². The van der Waals surface area contributed by atoms with Gasteiger partial charge in [-0.25, -0.2) is 0 Å². The van der Waals surface area contributed by atoms with Crippen LogP contribution in [0, 0.1) is 11.3 Å². The molecule has 1 aliphatic rings. The molecular formula is C14H29NOS. The van der Waals surface area contributed by atoms with E-state index in [1.54, 1.807) is 0 Å². The molecule has 0 spiro atoms. The van der Waals surface area contributed by atoms with Crippen molar-refractivity contribution in [1.82, 2.24) is 5.32 Å². The molecule has 1 aliphatic carbocycles. The van der Waals surface area contributed by atoms with Crippen molar-refractivity contribution in [3.05, 3.63) is 0 Å². The molecule has 0 aliphatic heterocycles. The SMILES string of the molecule is CCNC1C(S(=O)C(C)C(C)C)CCC1(C)C. The van der Waals surface area contributed by atoms with Crippen LogP contribution in [0.4, 0.5) is 0 Å². The van der Waals surface area contributed by atoms with Crippen molar-refractivity contribution in [1.29, 1.82) is 0 Å². The van der Waals surface area contributed by atoms with E-state index in [-0.39, 0.29) is 5.41 Å². The van der Waals surface area contributed by atoms with Gasteiger partial charge in [-0.15, -0.1) is 0 Å². The Kier molecular flexibility index (Phi) is 5.21. The van der Waals surface area contributed by atoms with Gasteiger partial charge in [0.15, 0.2) is 0 Å². The number of hydrogen-bond acceptors (Lipinski definition) is 2. The summed E-state index contributed by atoms with van der Waals surface area (Å²) in [5.74, 6) is 0.502. The van der Waals surface area contributed by atoms with Crippen molar-refractivity contribution >= 4 is 10.8 Å². The highest BCUT2D eigenvalue weighted by atomic mass is 32.2. The average molecular weight is 259 g/mol. The van der Waals surface area contributed by atoms with Gasteiger partial charge in [0.05, 0.1) is 5.25 Å². The van der Waals surface area contributed by atoms with Crippen molar-refractivity contribution in [3.63, 3.8) is 0 Å². The minimum absolute atomic E-state index is 0.285. The molecule has 4 unspecified atom stereocenters. The van der Waals surface area contributed by atoms with E-state index >= 15 is 0 Å². The van der Waals surface area contributed by atoms with Crippen LogP contribution in [0.5, 0.6) is 0 Å². The van der Waals surface area contributed by atoms with Gasteiger partial charge in [0, 0.05) is 22.1 Å². The fourth-order valence-electron chi connectivity index (χ4n) is 2.76. The molecule has 102 valence electrons. The predicted octanol–water partition coefficient (Wildman–Crippen LogP) is 2.95. The lowest BCUT2D eigenvalue weighted by molar-refractivity contribution is 0.289. The van der Waals surface area contributed by atoms with Gasteiger partial charge in [0.25, 0.3) is 0 Å². The predicted molar refractivity (Wildman–Crippen MR) is 76.7 cm³/mol. The third kappa shape index (κ3) is 3.31. The molecule has 0 aromatic heterocycles. The summed E-state index contributed by atoms with van der Waals surface area (Å²) in [5.41, 5.74) is 0.285. The van der Waals surface area contributed by atoms with Gasteiger partial charge in [-0.05, 0) is 30.7 Å². The van der Waals surface area contributed by atoms with Crippen LogP contribution in [0.3, 0.4) is 0 Å². The Morgan fingerprint density at radius 3 is 2.41 bits per heavy atom. The Morgan fingerprint density at radius 1 is 1.35 bits per heavy atom. The lowest BCUT2D eigenvalue weighted by atomic mass is 9.87. The van der Waals surface area contributed by atoms with Gasteiger partial charge in [-0.1, -0.05) is 41.5 Å². The summed E-state index contributed by atoms with van der Waals surface area (Å²) in [4.78, 5) is 0. The molecule has 0 amide bonds. The zero-order chi connectivity index (χ0) is 13.2. The Hall–Kier alpha value is 0.110. The third-order valence-corrected chi connectivity index (χ3v) is 6.70. The maximum atomic E-state index is 12.6. The Morgan fingerprint density at radius 2 is 1.94 bits per heavy atom. The summed E-state index contributed by atoms with van der Waals surface area (Å²) in [5, 5.41) is 4.20. The topological polar surface area (TPSA) is 29.1 Å². The summed E-state index contributed by atoms with van der Waals surface area (Å²) >= 11 is 0.